The van der Waals surface area contributed by atoms with Crippen molar-refractivity contribution in [2.45, 2.75) is 24.5 Å². The molecule has 0 unspecified atom stereocenters. The third-order valence-electron chi connectivity index (χ3n) is 3.37. The maximum atomic E-state index is 11.1. The SMILES string of the molecule is O=P(O)(O)O[C@@H]1[C@H](O)[C@@H](CO)O[C@H]1n1cnc2c(O)ncnc21. The highest BCUT2D eigenvalue weighted by Gasteiger charge is 2.48. The Kier molecular flexibility index (Phi) is 4.06. The number of aromatic hydroxyl groups is 1. The normalized spacial score (nSPS) is 28.5. The maximum absolute atomic E-state index is 11.1. The highest BCUT2D eigenvalue weighted by molar-refractivity contribution is 7.46. The van der Waals surface area contributed by atoms with Crippen LogP contribution in [0, 0.1) is 0 Å². The zero-order valence-electron chi connectivity index (χ0n) is 11.4. The third kappa shape index (κ3) is 2.93. The first-order valence-corrected chi connectivity index (χ1v) is 7.89. The van der Waals surface area contributed by atoms with Crippen LogP contribution >= 0.6 is 7.82 Å². The van der Waals surface area contributed by atoms with Crippen molar-refractivity contribution >= 4 is 19.0 Å². The van der Waals surface area contributed by atoms with E-state index in [-0.39, 0.29) is 11.2 Å². The van der Waals surface area contributed by atoms with E-state index >= 15 is 0 Å². The highest BCUT2D eigenvalue weighted by atomic mass is 31.2. The molecule has 0 aromatic carbocycles. The van der Waals surface area contributed by atoms with Crippen molar-refractivity contribution in [1.82, 2.24) is 19.5 Å². The fourth-order valence-electron chi connectivity index (χ4n) is 2.39. The minimum Gasteiger partial charge on any atom is -0.492 e. The Morgan fingerprint density at radius 2 is 2.09 bits per heavy atom. The van der Waals surface area contributed by atoms with Crippen LogP contribution in [-0.2, 0) is 13.8 Å². The third-order valence-corrected chi connectivity index (χ3v) is 3.88. The van der Waals surface area contributed by atoms with Crippen molar-refractivity contribution in [3.63, 3.8) is 0 Å². The molecule has 5 N–H and O–H groups in total. The van der Waals surface area contributed by atoms with Gasteiger partial charge in [0.25, 0.3) is 0 Å². The summed E-state index contributed by atoms with van der Waals surface area (Å²) in [5.74, 6) is -0.390. The van der Waals surface area contributed by atoms with Crippen LogP contribution in [0.2, 0.25) is 0 Å². The molecule has 2 aromatic rings. The van der Waals surface area contributed by atoms with Gasteiger partial charge in [0, 0.05) is 0 Å². The predicted octanol–water partition coefficient (Wildman–Crippen LogP) is -1.74. The number of aliphatic hydroxyl groups is 2. The predicted molar refractivity (Wildman–Crippen MR) is 70.9 cm³/mol. The van der Waals surface area contributed by atoms with Gasteiger partial charge < -0.3 is 29.8 Å². The van der Waals surface area contributed by atoms with Gasteiger partial charge in [0.15, 0.2) is 17.4 Å². The minimum absolute atomic E-state index is 0.0352. The van der Waals surface area contributed by atoms with Gasteiger partial charge in [0.1, 0.15) is 24.6 Å². The number of hydrogen-bond donors (Lipinski definition) is 5. The fraction of sp³-hybridized carbons (Fsp3) is 0.500. The van der Waals surface area contributed by atoms with Gasteiger partial charge in [-0.1, -0.05) is 0 Å². The largest absolute Gasteiger partial charge is 0.492 e. The Morgan fingerprint density at radius 1 is 1.35 bits per heavy atom. The maximum Gasteiger partial charge on any atom is 0.470 e. The average molecular weight is 348 g/mol. The molecule has 12 nitrogen and oxygen atoms in total. The summed E-state index contributed by atoms with van der Waals surface area (Å²) < 4.78 is 22.3. The van der Waals surface area contributed by atoms with Gasteiger partial charge in [-0.3, -0.25) is 9.09 Å². The van der Waals surface area contributed by atoms with Crippen LogP contribution in [0.25, 0.3) is 11.2 Å². The van der Waals surface area contributed by atoms with E-state index in [1.54, 1.807) is 0 Å². The number of hydrogen-bond acceptors (Lipinski definition) is 9. The van der Waals surface area contributed by atoms with Crippen molar-refractivity contribution < 1.29 is 38.9 Å². The molecule has 3 heterocycles. The Labute approximate surface area is 128 Å². The average Bonchev–Trinajstić information content (AvgIpc) is 3.01. The van der Waals surface area contributed by atoms with Gasteiger partial charge in [0.2, 0.25) is 5.88 Å². The quantitative estimate of drug-likeness (QED) is 0.396. The minimum atomic E-state index is -4.94. The lowest BCUT2D eigenvalue weighted by atomic mass is 10.1. The summed E-state index contributed by atoms with van der Waals surface area (Å²) in [5.41, 5.74) is 0.139. The number of nitrogens with zero attached hydrogens (tertiary/aromatic N) is 4. The number of phosphoric acid groups is 1. The van der Waals surface area contributed by atoms with Crippen LogP contribution in [0.5, 0.6) is 5.88 Å². The highest BCUT2D eigenvalue weighted by Crippen LogP contribution is 2.45. The molecule has 23 heavy (non-hydrogen) atoms. The van der Waals surface area contributed by atoms with Gasteiger partial charge in [0.05, 0.1) is 12.9 Å². The molecule has 3 rings (SSSR count). The van der Waals surface area contributed by atoms with Crippen LogP contribution in [0.1, 0.15) is 6.23 Å². The van der Waals surface area contributed by atoms with Crippen molar-refractivity contribution in [3.05, 3.63) is 12.7 Å². The zero-order chi connectivity index (χ0) is 16.8. The van der Waals surface area contributed by atoms with Crippen molar-refractivity contribution in [3.8, 4) is 5.88 Å². The molecule has 0 amide bonds. The lowest BCUT2D eigenvalue weighted by Crippen LogP contribution is -2.34. The van der Waals surface area contributed by atoms with E-state index in [9.17, 15) is 19.9 Å². The molecule has 1 fully saturated rings. The van der Waals surface area contributed by atoms with E-state index in [1.165, 1.54) is 10.9 Å². The van der Waals surface area contributed by atoms with Crippen molar-refractivity contribution in [1.29, 1.82) is 0 Å². The first kappa shape index (κ1) is 16.2. The van der Waals surface area contributed by atoms with E-state index in [1.807, 2.05) is 0 Å². The Hall–Kier alpha value is -1.66. The molecule has 0 aliphatic carbocycles. The van der Waals surface area contributed by atoms with Crippen LogP contribution in [-0.4, -0.2) is 69.5 Å². The van der Waals surface area contributed by atoms with E-state index in [2.05, 4.69) is 19.5 Å². The number of ether oxygens (including phenoxy) is 1. The molecular formula is C10H13N4O8P. The van der Waals surface area contributed by atoms with Crippen LogP contribution in [0.15, 0.2) is 12.7 Å². The molecule has 1 saturated heterocycles. The number of aliphatic hydroxyl groups excluding tert-OH is 2. The topological polar surface area (TPSA) is 180 Å². The van der Waals surface area contributed by atoms with Crippen LogP contribution in [0.3, 0.4) is 0 Å². The smallest absolute Gasteiger partial charge is 0.470 e. The second-order valence-corrected chi connectivity index (χ2v) is 6.01. The molecular weight excluding hydrogens is 335 g/mol. The van der Waals surface area contributed by atoms with Gasteiger partial charge in [-0.25, -0.2) is 14.5 Å². The lowest BCUT2D eigenvalue weighted by molar-refractivity contribution is -0.0505. The first-order chi connectivity index (χ1) is 10.8. The lowest BCUT2D eigenvalue weighted by Gasteiger charge is -2.21. The molecule has 0 bridgehead atoms. The summed E-state index contributed by atoms with van der Waals surface area (Å²) in [7, 11) is -4.94. The molecule has 0 saturated carbocycles. The van der Waals surface area contributed by atoms with Gasteiger partial charge in [-0.2, -0.15) is 4.98 Å². The molecule has 1 aliphatic rings. The summed E-state index contributed by atoms with van der Waals surface area (Å²) in [6.07, 6.45) is -3.08. The monoisotopic (exact) mass is 348 g/mol. The summed E-state index contributed by atoms with van der Waals surface area (Å²) in [5, 5.41) is 28.9. The van der Waals surface area contributed by atoms with Gasteiger partial charge >= 0.3 is 7.82 Å². The number of imidazole rings is 1. The van der Waals surface area contributed by atoms with Crippen LogP contribution < -0.4 is 0 Å². The Balaban J connectivity index is 2.04. The second kappa shape index (κ2) is 5.76. The first-order valence-electron chi connectivity index (χ1n) is 6.36. The molecule has 4 atom stereocenters. The molecule has 13 heteroatoms. The molecule has 1 aliphatic heterocycles. The number of aromatic nitrogens is 4. The number of phosphoric ester groups is 1. The number of rotatable bonds is 4. The van der Waals surface area contributed by atoms with E-state index in [0.717, 1.165) is 6.33 Å². The van der Waals surface area contributed by atoms with Crippen molar-refractivity contribution in [2.75, 3.05) is 6.61 Å². The zero-order valence-corrected chi connectivity index (χ0v) is 12.3. The van der Waals surface area contributed by atoms with Gasteiger partial charge in [-0.05, 0) is 0 Å². The Bertz CT molecular complexity index is 762. The second-order valence-electron chi connectivity index (χ2n) is 4.82. The summed E-state index contributed by atoms with van der Waals surface area (Å²) in [6, 6.07) is 0. The Morgan fingerprint density at radius 3 is 2.74 bits per heavy atom. The van der Waals surface area contributed by atoms with E-state index < -0.39 is 44.8 Å². The summed E-state index contributed by atoms with van der Waals surface area (Å²) >= 11 is 0. The summed E-state index contributed by atoms with van der Waals surface area (Å²) in [6.45, 7) is -0.592. The standard InChI is InChI=1S/C10H13N4O8P/c15-1-4-6(16)7(22-23(18,19)20)10(21-4)14-3-13-5-8(14)11-2-12-9(5)17/h2-4,6-7,10,15-16H,1H2,(H,11,12,17)(H2,18,19,20)/t4-,6-,7-,10-/m1/s1. The van der Waals surface area contributed by atoms with Crippen LogP contribution in [0.4, 0.5) is 0 Å². The fourth-order valence-corrected chi connectivity index (χ4v) is 2.94. The molecule has 0 radical (unpaired) electrons. The molecule has 126 valence electrons. The van der Waals surface area contributed by atoms with Crippen molar-refractivity contribution in [2.24, 2.45) is 0 Å². The summed E-state index contributed by atoms with van der Waals surface area (Å²) in [4.78, 5) is 29.3. The number of fused-ring (bicyclic) bond motifs is 1. The van der Waals surface area contributed by atoms with E-state index in [0.29, 0.717) is 0 Å². The molecule has 2 aromatic heterocycles. The van der Waals surface area contributed by atoms with E-state index in [4.69, 9.17) is 14.5 Å². The molecule has 0 spiro atoms. The van der Waals surface area contributed by atoms with Gasteiger partial charge in [-0.15, -0.1) is 0 Å².